The molecule has 0 aromatic carbocycles. The lowest BCUT2D eigenvalue weighted by atomic mass is 9.86. The average molecular weight is 214 g/mol. The molecular weight excluding hydrogens is 192 g/mol. The number of rotatable bonds is 2. The van der Waals surface area contributed by atoms with Gasteiger partial charge in [-0.3, -0.25) is 4.79 Å². The van der Waals surface area contributed by atoms with Crippen molar-refractivity contribution in [3.63, 3.8) is 0 Å². The van der Waals surface area contributed by atoms with Crippen LogP contribution >= 0.6 is 0 Å². The number of hydrogen-bond acceptors (Lipinski definition) is 4. The summed E-state index contributed by atoms with van der Waals surface area (Å²) in [5.41, 5.74) is 5.35. The second kappa shape index (κ2) is 4.49. The van der Waals surface area contributed by atoms with Gasteiger partial charge in [0.15, 0.2) is 0 Å². The van der Waals surface area contributed by atoms with E-state index in [9.17, 15) is 4.79 Å². The molecule has 3 N–H and O–H groups in total. The molecule has 88 valence electrons. The molecule has 4 heteroatoms. The smallest absolute Gasteiger partial charge is 0.308 e. The van der Waals surface area contributed by atoms with Crippen LogP contribution in [0.25, 0.3) is 0 Å². The monoisotopic (exact) mass is 214 g/mol. The highest BCUT2D eigenvalue weighted by molar-refractivity contribution is 5.71. The molecule has 0 unspecified atom stereocenters. The Morgan fingerprint density at radius 3 is 2.40 bits per heavy atom. The van der Waals surface area contributed by atoms with Gasteiger partial charge in [0.25, 0.3) is 0 Å². The molecular formula is C11H22N2O2. The highest BCUT2D eigenvalue weighted by Crippen LogP contribution is 2.21. The van der Waals surface area contributed by atoms with E-state index in [0.29, 0.717) is 6.42 Å². The zero-order valence-corrected chi connectivity index (χ0v) is 9.93. The first-order chi connectivity index (χ1) is 6.81. The molecule has 0 aromatic rings. The summed E-state index contributed by atoms with van der Waals surface area (Å²) in [5.74, 6) is -0.188. The van der Waals surface area contributed by atoms with Gasteiger partial charge in [0.1, 0.15) is 5.60 Å². The summed E-state index contributed by atoms with van der Waals surface area (Å²) in [6.45, 7) is 7.39. The maximum absolute atomic E-state index is 11.6. The van der Waals surface area contributed by atoms with E-state index in [-0.39, 0.29) is 11.5 Å². The van der Waals surface area contributed by atoms with Gasteiger partial charge in [-0.15, -0.1) is 0 Å². The summed E-state index contributed by atoms with van der Waals surface area (Å²) >= 11 is 0. The summed E-state index contributed by atoms with van der Waals surface area (Å²) < 4.78 is 5.27. The molecule has 15 heavy (non-hydrogen) atoms. The van der Waals surface area contributed by atoms with Gasteiger partial charge in [0.2, 0.25) is 0 Å². The molecule has 0 bridgehead atoms. The predicted molar refractivity (Wildman–Crippen MR) is 59.5 cm³/mol. The van der Waals surface area contributed by atoms with Gasteiger partial charge in [-0.2, -0.15) is 0 Å². The lowest BCUT2D eigenvalue weighted by Crippen LogP contribution is -2.50. The van der Waals surface area contributed by atoms with E-state index in [2.05, 4.69) is 5.32 Å². The maximum Gasteiger partial charge on any atom is 0.308 e. The third kappa shape index (κ3) is 4.62. The molecule has 0 spiro atoms. The Hall–Kier alpha value is -0.610. The number of ether oxygens (including phenoxy) is 1. The standard InChI is InChI=1S/C11H22N2O2/c1-10(2,3)15-9(14)8-11(12)4-6-13-7-5-11/h13H,4-8,12H2,1-3H3. The number of nitrogens with one attached hydrogen (secondary N) is 1. The largest absolute Gasteiger partial charge is 0.460 e. The molecule has 0 saturated carbocycles. The van der Waals surface area contributed by atoms with Crippen molar-refractivity contribution in [1.29, 1.82) is 0 Å². The zero-order valence-electron chi connectivity index (χ0n) is 9.93. The van der Waals surface area contributed by atoms with Gasteiger partial charge in [0, 0.05) is 5.54 Å². The summed E-state index contributed by atoms with van der Waals surface area (Å²) in [6.07, 6.45) is 2.00. The molecule has 0 aliphatic carbocycles. The summed E-state index contributed by atoms with van der Waals surface area (Å²) in [5, 5.41) is 3.23. The molecule has 1 aliphatic heterocycles. The molecule has 1 fully saturated rings. The van der Waals surface area contributed by atoms with Gasteiger partial charge in [-0.1, -0.05) is 0 Å². The van der Waals surface area contributed by atoms with E-state index >= 15 is 0 Å². The number of piperidine rings is 1. The molecule has 1 aliphatic rings. The summed E-state index contributed by atoms with van der Waals surface area (Å²) in [7, 11) is 0. The van der Waals surface area contributed by atoms with Gasteiger partial charge in [0.05, 0.1) is 6.42 Å². The van der Waals surface area contributed by atoms with Crippen molar-refractivity contribution in [2.75, 3.05) is 13.1 Å². The Morgan fingerprint density at radius 2 is 1.93 bits per heavy atom. The lowest BCUT2D eigenvalue weighted by molar-refractivity contribution is -0.156. The van der Waals surface area contributed by atoms with Crippen molar-refractivity contribution in [2.45, 2.75) is 51.2 Å². The quantitative estimate of drug-likeness (QED) is 0.667. The van der Waals surface area contributed by atoms with Crippen molar-refractivity contribution >= 4 is 5.97 Å². The molecule has 1 saturated heterocycles. The van der Waals surface area contributed by atoms with Gasteiger partial charge in [-0.25, -0.2) is 0 Å². The number of carbonyl (C=O) groups excluding carboxylic acids is 1. The fraction of sp³-hybridized carbons (Fsp3) is 0.909. The number of carbonyl (C=O) groups is 1. The Balaban J connectivity index is 2.42. The van der Waals surface area contributed by atoms with Crippen molar-refractivity contribution < 1.29 is 9.53 Å². The minimum Gasteiger partial charge on any atom is -0.460 e. The molecule has 1 heterocycles. The average Bonchev–Trinajstić information content (AvgIpc) is 1.99. The Morgan fingerprint density at radius 1 is 1.40 bits per heavy atom. The SMILES string of the molecule is CC(C)(C)OC(=O)CC1(N)CCNCC1. The third-order valence-electron chi connectivity index (χ3n) is 2.52. The fourth-order valence-corrected chi connectivity index (χ4v) is 1.77. The van der Waals surface area contributed by atoms with Crippen molar-refractivity contribution in [2.24, 2.45) is 5.73 Å². The van der Waals surface area contributed by atoms with Crippen LogP contribution in [0.5, 0.6) is 0 Å². The van der Waals surface area contributed by atoms with E-state index in [4.69, 9.17) is 10.5 Å². The van der Waals surface area contributed by atoms with Crippen molar-refractivity contribution in [3.05, 3.63) is 0 Å². The van der Waals surface area contributed by atoms with Crippen LogP contribution in [-0.2, 0) is 9.53 Å². The molecule has 0 amide bonds. The number of hydrogen-bond donors (Lipinski definition) is 2. The molecule has 0 aromatic heterocycles. The van der Waals surface area contributed by atoms with Crippen molar-refractivity contribution in [3.8, 4) is 0 Å². The van der Waals surface area contributed by atoms with Crippen LogP contribution in [-0.4, -0.2) is 30.2 Å². The summed E-state index contributed by atoms with van der Waals surface area (Å²) in [4.78, 5) is 11.6. The maximum atomic E-state index is 11.6. The topological polar surface area (TPSA) is 64.3 Å². The fourth-order valence-electron chi connectivity index (χ4n) is 1.77. The van der Waals surface area contributed by atoms with Crippen LogP contribution in [0.4, 0.5) is 0 Å². The molecule has 0 atom stereocenters. The second-order valence-electron chi connectivity index (χ2n) is 5.38. The second-order valence-corrected chi connectivity index (χ2v) is 5.38. The van der Waals surface area contributed by atoms with E-state index < -0.39 is 5.60 Å². The first-order valence-corrected chi connectivity index (χ1v) is 5.52. The normalized spacial score (nSPS) is 21.1. The predicted octanol–water partition coefficient (Wildman–Crippen LogP) is 0.799. The van der Waals surface area contributed by atoms with E-state index in [0.717, 1.165) is 25.9 Å². The number of esters is 1. The van der Waals surface area contributed by atoms with Crippen LogP contribution in [0.2, 0.25) is 0 Å². The van der Waals surface area contributed by atoms with E-state index in [1.54, 1.807) is 0 Å². The Labute approximate surface area is 91.5 Å². The Kier molecular flexibility index (Phi) is 3.73. The summed E-state index contributed by atoms with van der Waals surface area (Å²) in [6, 6.07) is 0. The van der Waals surface area contributed by atoms with Crippen LogP contribution in [0.15, 0.2) is 0 Å². The van der Waals surface area contributed by atoms with Crippen LogP contribution in [0, 0.1) is 0 Å². The molecule has 0 radical (unpaired) electrons. The highest BCUT2D eigenvalue weighted by atomic mass is 16.6. The van der Waals surface area contributed by atoms with Crippen molar-refractivity contribution in [1.82, 2.24) is 5.32 Å². The minimum atomic E-state index is -0.416. The lowest BCUT2D eigenvalue weighted by Gasteiger charge is -2.33. The molecule has 4 nitrogen and oxygen atoms in total. The van der Waals surface area contributed by atoms with Crippen LogP contribution in [0.1, 0.15) is 40.0 Å². The molecule has 1 rings (SSSR count). The van der Waals surface area contributed by atoms with E-state index in [1.165, 1.54) is 0 Å². The minimum absolute atomic E-state index is 0.188. The Bertz CT molecular complexity index is 227. The van der Waals surface area contributed by atoms with Gasteiger partial charge < -0.3 is 15.8 Å². The third-order valence-corrected chi connectivity index (χ3v) is 2.52. The number of nitrogens with two attached hydrogens (primary N) is 1. The highest BCUT2D eigenvalue weighted by Gasteiger charge is 2.31. The van der Waals surface area contributed by atoms with E-state index in [1.807, 2.05) is 20.8 Å². The van der Waals surface area contributed by atoms with Gasteiger partial charge >= 0.3 is 5.97 Å². The first-order valence-electron chi connectivity index (χ1n) is 5.52. The first kappa shape index (κ1) is 12.5. The van der Waals surface area contributed by atoms with Gasteiger partial charge in [-0.05, 0) is 46.7 Å². The zero-order chi connectivity index (χ0) is 11.5. The van der Waals surface area contributed by atoms with Crippen LogP contribution < -0.4 is 11.1 Å². The van der Waals surface area contributed by atoms with Crippen LogP contribution in [0.3, 0.4) is 0 Å².